The first-order chi connectivity index (χ1) is 8.74. The van der Waals surface area contributed by atoms with Gasteiger partial charge in [-0.3, -0.25) is 4.79 Å². The van der Waals surface area contributed by atoms with Crippen LogP contribution in [0.1, 0.15) is 40.7 Å². The molecule has 100 valence electrons. The van der Waals surface area contributed by atoms with Gasteiger partial charge in [0.05, 0.1) is 4.88 Å². The van der Waals surface area contributed by atoms with Gasteiger partial charge in [-0.05, 0) is 50.3 Å². The van der Waals surface area contributed by atoms with E-state index in [-0.39, 0.29) is 5.91 Å². The first-order valence-corrected chi connectivity index (χ1v) is 7.64. The molecule has 0 spiro atoms. The molecule has 1 aliphatic rings. The van der Waals surface area contributed by atoms with Crippen molar-refractivity contribution in [3.8, 4) is 0 Å². The molecule has 4 heteroatoms. The van der Waals surface area contributed by atoms with E-state index < -0.39 is 0 Å². The second kappa shape index (κ2) is 6.34. The third-order valence-corrected chi connectivity index (χ3v) is 4.92. The van der Waals surface area contributed by atoms with Crippen LogP contribution in [-0.4, -0.2) is 30.4 Å². The average Bonchev–Trinajstić information content (AvgIpc) is 2.88. The van der Waals surface area contributed by atoms with Crippen LogP contribution < -0.4 is 5.73 Å². The molecule has 2 N–H and O–H groups in total. The number of amides is 1. The number of hydrogen-bond donors (Lipinski definition) is 1. The third kappa shape index (κ3) is 3.12. The van der Waals surface area contributed by atoms with Crippen molar-refractivity contribution < 1.29 is 4.79 Å². The number of hydrogen-bond acceptors (Lipinski definition) is 3. The third-order valence-electron chi connectivity index (χ3n) is 3.70. The molecular formula is C14H22N2OS. The van der Waals surface area contributed by atoms with Crippen molar-refractivity contribution >= 4 is 17.2 Å². The Balaban J connectivity index is 1.91. The van der Waals surface area contributed by atoms with Gasteiger partial charge in [-0.1, -0.05) is 6.92 Å². The van der Waals surface area contributed by atoms with Gasteiger partial charge in [0.1, 0.15) is 0 Å². The molecule has 2 heterocycles. The molecule has 0 atom stereocenters. The monoisotopic (exact) mass is 266 g/mol. The SMILES string of the molecule is CCc1ccc(C(=O)N2CCC(CCN)CC2)s1. The molecule has 0 radical (unpaired) electrons. The van der Waals surface area contributed by atoms with Gasteiger partial charge in [0, 0.05) is 18.0 Å². The summed E-state index contributed by atoms with van der Waals surface area (Å²) >= 11 is 1.63. The Bertz CT molecular complexity index is 394. The normalized spacial score (nSPS) is 17.1. The summed E-state index contributed by atoms with van der Waals surface area (Å²) in [4.78, 5) is 16.5. The average molecular weight is 266 g/mol. The van der Waals surface area contributed by atoms with E-state index in [0.29, 0.717) is 5.92 Å². The highest BCUT2D eigenvalue weighted by Gasteiger charge is 2.23. The molecule has 0 bridgehead atoms. The molecule has 0 saturated carbocycles. The van der Waals surface area contributed by atoms with Crippen LogP contribution in [0.5, 0.6) is 0 Å². The number of aryl methyl sites for hydroxylation is 1. The summed E-state index contributed by atoms with van der Waals surface area (Å²) in [5.74, 6) is 0.930. The van der Waals surface area contributed by atoms with Crippen molar-refractivity contribution in [3.63, 3.8) is 0 Å². The zero-order valence-corrected chi connectivity index (χ0v) is 11.8. The second-order valence-electron chi connectivity index (χ2n) is 4.93. The van der Waals surface area contributed by atoms with Crippen LogP contribution in [0.25, 0.3) is 0 Å². The van der Waals surface area contributed by atoms with Gasteiger partial charge >= 0.3 is 0 Å². The summed E-state index contributed by atoms with van der Waals surface area (Å²) < 4.78 is 0. The summed E-state index contributed by atoms with van der Waals surface area (Å²) in [7, 11) is 0. The van der Waals surface area contributed by atoms with Crippen LogP contribution in [-0.2, 0) is 6.42 Å². The lowest BCUT2D eigenvalue weighted by atomic mass is 9.93. The molecule has 1 aromatic heterocycles. The molecular weight excluding hydrogens is 244 g/mol. The summed E-state index contributed by atoms with van der Waals surface area (Å²) in [6, 6.07) is 4.04. The van der Waals surface area contributed by atoms with Gasteiger partial charge < -0.3 is 10.6 Å². The minimum atomic E-state index is 0.214. The Morgan fingerprint density at radius 1 is 1.44 bits per heavy atom. The van der Waals surface area contributed by atoms with E-state index in [9.17, 15) is 4.79 Å². The quantitative estimate of drug-likeness (QED) is 0.910. The molecule has 1 amide bonds. The predicted molar refractivity (Wildman–Crippen MR) is 76.0 cm³/mol. The van der Waals surface area contributed by atoms with Gasteiger partial charge in [-0.15, -0.1) is 11.3 Å². The van der Waals surface area contributed by atoms with Gasteiger partial charge in [0.25, 0.3) is 5.91 Å². The van der Waals surface area contributed by atoms with E-state index in [1.54, 1.807) is 11.3 Å². The van der Waals surface area contributed by atoms with Crippen LogP contribution >= 0.6 is 11.3 Å². The number of thiophene rings is 1. The summed E-state index contributed by atoms with van der Waals surface area (Å²) in [5.41, 5.74) is 5.58. The zero-order chi connectivity index (χ0) is 13.0. The predicted octanol–water partition coefficient (Wildman–Crippen LogP) is 2.51. The lowest BCUT2D eigenvalue weighted by Gasteiger charge is -2.31. The fourth-order valence-corrected chi connectivity index (χ4v) is 3.41. The Hall–Kier alpha value is -0.870. The van der Waals surface area contributed by atoms with Crippen LogP contribution in [0.2, 0.25) is 0 Å². The van der Waals surface area contributed by atoms with Crippen molar-refractivity contribution in [1.29, 1.82) is 0 Å². The standard InChI is InChI=1S/C14H22N2OS/c1-2-12-3-4-13(18-12)14(17)16-9-6-11(5-8-15)7-10-16/h3-4,11H,2,5-10,15H2,1H3. The summed E-state index contributed by atoms with van der Waals surface area (Å²) in [6.07, 6.45) is 4.32. The van der Waals surface area contributed by atoms with Crippen molar-refractivity contribution in [2.45, 2.75) is 32.6 Å². The Kier molecular flexibility index (Phi) is 4.78. The highest BCUT2D eigenvalue weighted by atomic mass is 32.1. The molecule has 0 aliphatic carbocycles. The maximum Gasteiger partial charge on any atom is 0.263 e. The minimum absolute atomic E-state index is 0.214. The minimum Gasteiger partial charge on any atom is -0.338 e. The molecule has 0 unspecified atom stereocenters. The lowest BCUT2D eigenvalue weighted by Crippen LogP contribution is -2.38. The first kappa shape index (κ1) is 13.6. The van der Waals surface area contributed by atoms with Gasteiger partial charge in [0.15, 0.2) is 0 Å². The lowest BCUT2D eigenvalue weighted by molar-refractivity contribution is 0.0693. The van der Waals surface area contributed by atoms with E-state index in [1.165, 1.54) is 4.88 Å². The summed E-state index contributed by atoms with van der Waals surface area (Å²) in [5, 5.41) is 0. The highest BCUT2D eigenvalue weighted by Crippen LogP contribution is 2.24. The van der Waals surface area contributed by atoms with E-state index in [0.717, 1.165) is 50.2 Å². The van der Waals surface area contributed by atoms with Crippen molar-refractivity contribution in [2.75, 3.05) is 19.6 Å². The van der Waals surface area contributed by atoms with Crippen LogP contribution in [0.3, 0.4) is 0 Å². The smallest absolute Gasteiger partial charge is 0.263 e. The van der Waals surface area contributed by atoms with E-state index in [2.05, 4.69) is 13.0 Å². The number of nitrogens with two attached hydrogens (primary N) is 1. The molecule has 1 aromatic rings. The van der Waals surface area contributed by atoms with Crippen molar-refractivity contribution in [1.82, 2.24) is 4.90 Å². The molecule has 0 aromatic carbocycles. The number of piperidine rings is 1. The second-order valence-corrected chi connectivity index (χ2v) is 6.10. The largest absolute Gasteiger partial charge is 0.338 e. The maximum absolute atomic E-state index is 12.3. The highest BCUT2D eigenvalue weighted by molar-refractivity contribution is 7.14. The van der Waals surface area contributed by atoms with E-state index in [1.807, 2.05) is 11.0 Å². The van der Waals surface area contributed by atoms with Crippen LogP contribution in [0.4, 0.5) is 0 Å². The molecule has 1 aliphatic heterocycles. The van der Waals surface area contributed by atoms with Crippen molar-refractivity contribution in [3.05, 3.63) is 21.9 Å². The molecule has 2 rings (SSSR count). The molecule has 3 nitrogen and oxygen atoms in total. The van der Waals surface area contributed by atoms with Gasteiger partial charge in [-0.2, -0.15) is 0 Å². The topological polar surface area (TPSA) is 46.3 Å². The number of carbonyl (C=O) groups is 1. The Morgan fingerprint density at radius 2 is 2.17 bits per heavy atom. The van der Waals surface area contributed by atoms with E-state index >= 15 is 0 Å². The number of carbonyl (C=O) groups excluding carboxylic acids is 1. The zero-order valence-electron chi connectivity index (χ0n) is 11.0. The molecule has 1 fully saturated rings. The molecule has 1 saturated heterocycles. The van der Waals surface area contributed by atoms with E-state index in [4.69, 9.17) is 5.73 Å². The Morgan fingerprint density at radius 3 is 2.72 bits per heavy atom. The summed E-state index contributed by atoms with van der Waals surface area (Å²) in [6.45, 7) is 4.67. The number of likely N-dealkylation sites (tertiary alicyclic amines) is 1. The Labute approximate surface area is 113 Å². The fourth-order valence-electron chi connectivity index (χ4n) is 2.50. The number of nitrogens with zero attached hydrogens (tertiary/aromatic N) is 1. The maximum atomic E-state index is 12.3. The van der Waals surface area contributed by atoms with Gasteiger partial charge in [-0.25, -0.2) is 0 Å². The van der Waals surface area contributed by atoms with Crippen molar-refractivity contribution in [2.24, 2.45) is 11.7 Å². The van der Waals surface area contributed by atoms with Gasteiger partial charge in [0.2, 0.25) is 0 Å². The van der Waals surface area contributed by atoms with Crippen LogP contribution in [0, 0.1) is 5.92 Å². The molecule has 18 heavy (non-hydrogen) atoms. The fraction of sp³-hybridized carbons (Fsp3) is 0.643. The van der Waals surface area contributed by atoms with Crippen LogP contribution in [0.15, 0.2) is 12.1 Å². The number of rotatable bonds is 4. The first-order valence-electron chi connectivity index (χ1n) is 6.82.